The van der Waals surface area contributed by atoms with Crippen molar-refractivity contribution in [3.05, 3.63) is 59.9 Å². The first kappa shape index (κ1) is 19.2. The smallest absolute Gasteiger partial charge is 0.244 e. The van der Waals surface area contributed by atoms with E-state index in [1.807, 2.05) is 0 Å². The molecule has 134 valence electrons. The Bertz CT molecular complexity index is 733. The number of nitrogens with one attached hydrogen (secondary N) is 1. The fourth-order valence-electron chi connectivity index (χ4n) is 2.95. The molecular weight excluding hydrogens is 343 g/mol. The summed E-state index contributed by atoms with van der Waals surface area (Å²) in [6.07, 6.45) is 3.41. The molecule has 1 aliphatic carbocycles. The standard InChI is InChI=1S/C19H21FN2O2.ClH/c20-15-6-3-5-14(11-15)13-24-17-8-4-7-16(12-17)22-18(23)19(21)9-1-2-10-19;/h3-8,11-12H,1-2,9-10,13,21H2,(H,22,23);1H. The maximum Gasteiger partial charge on any atom is 0.244 e. The van der Waals surface area contributed by atoms with Gasteiger partial charge in [0.15, 0.2) is 0 Å². The summed E-state index contributed by atoms with van der Waals surface area (Å²) in [6, 6.07) is 13.4. The zero-order valence-electron chi connectivity index (χ0n) is 13.8. The number of anilines is 1. The number of carbonyl (C=O) groups is 1. The van der Waals surface area contributed by atoms with Gasteiger partial charge in [0.05, 0.1) is 5.54 Å². The third kappa shape index (κ3) is 4.94. The number of amides is 1. The van der Waals surface area contributed by atoms with Gasteiger partial charge in [-0.3, -0.25) is 4.79 Å². The average molecular weight is 365 g/mol. The van der Waals surface area contributed by atoms with Crippen LogP contribution in [-0.4, -0.2) is 11.4 Å². The van der Waals surface area contributed by atoms with Gasteiger partial charge in [-0.2, -0.15) is 0 Å². The Hall–Kier alpha value is -2.11. The van der Waals surface area contributed by atoms with E-state index >= 15 is 0 Å². The van der Waals surface area contributed by atoms with Crippen molar-refractivity contribution < 1.29 is 13.9 Å². The topological polar surface area (TPSA) is 64.4 Å². The van der Waals surface area contributed by atoms with Gasteiger partial charge in [-0.25, -0.2) is 4.39 Å². The molecule has 1 aliphatic rings. The van der Waals surface area contributed by atoms with Crippen LogP contribution in [0.2, 0.25) is 0 Å². The van der Waals surface area contributed by atoms with Crippen LogP contribution in [0.4, 0.5) is 10.1 Å². The zero-order valence-corrected chi connectivity index (χ0v) is 14.7. The van der Waals surface area contributed by atoms with Crippen LogP contribution in [0.5, 0.6) is 5.75 Å². The van der Waals surface area contributed by atoms with E-state index in [0.29, 0.717) is 24.3 Å². The first-order valence-electron chi connectivity index (χ1n) is 8.13. The Morgan fingerprint density at radius 3 is 2.60 bits per heavy atom. The Morgan fingerprint density at radius 2 is 1.88 bits per heavy atom. The SMILES string of the molecule is Cl.NC1(C(=O)Nc2cccc(OCc3cccc(F)c3)c2)CCCC1. The molecule has 2 aromatic carbocycles. The number of hydrogen-bond donors (Lipinski definition) is 2. The highest BCUT2D eigenvalue weighted by atomic mass is 35.5. The van der Waals surface area contributed by atoms with Crippen molar-refractivity contribution in [2.75, 3.05) is 5.32 Å². The van der Waals surface area contributed by atoms with Crippen molar-refractivity contribution in [3.63, 3.8) is 0 Å². The highest BCUT2D eigenvalue weighted by Gasteiger charge is 2.36. The summed E-state index contributed by atoms with van der Waals surface area (Å²) in [6.45, 7) is 0.260. The van der Waals surface area contributed by atoms with Gasteiger partial charge in [0.25, 0.3) is 0 Å². The molecule has 0 bridgehead atoms. The van der Waals surface area contributed by atoms with Crippen LogP contribution in [0.25, 0.3) is 0 Å². The number of hydrogen-bond acceptors (Lipinski definition) is 3. The van der Waals surface area contributed by atoms with Crippen LogP contribution in [0.3, 0.4) is 0 Å². The second-order valence-electron chi connectivity index (χ2n) is 6.26. The van der Waals surface area contributed by atoms with E-state index in [1.165, 1.54) is 12.1 Å². The van der Waals surface area contributed by atoms with E-state index < -0.39 is 5.54 Å². The number of carbonyl (C=O) groups excluding carboxylic acids is 1. The predicted octanol–water partition coefficient (Wildman–Crippen LogP) is 4.04. The molecule has 0 aliphatic heterocycles. The largest absolute Gasteiger partial charge is 0.489 e. The van der Waals surface area contributed by atoms with Gasteiger partial charge in [0.1, 0.15) is 18.2 Å². The molecule has 6 heteroatoms. The van der Waals surface area contributed by atoms with Crippen LogP contribution >= 0.6 is 12.4 Å². The molecule has 25 heavy (non-hydrogen) atoms. The summed E-state index contributed by atoms with van der Waals surface area (Å²) < 4.78 is 18.8. The van der Waals surface area contributed by atoms with Crippen LogP contribution in [0.15, 0.2) is 48.5 Å². The molecule has 1 fully saturated rings. The van der Waals surface area contributed by atoms with Crippen molar-refractivity contribution in [3.8, 4) is 5.75 Å². The first-order chi connectivity index (χ1) is 11.5. The molecule has 3 rings (SSSR count). The maximum absolute atomic E-state index is 13.2. The van der Waals surface area contributed by atoms with E-state index in [9.17, 15) is 9.18 Å². The molecule has 3 N–H and O–H groups in total. The summed E-state index contributed by atoms with van der Waals surface area (Å²) in [7, 11) is 0. The molecule has 0 aromatic heterocycles. The lowest BCUT2D eigenvalue weighted by molar-refractivity contribution is -0.121. The summed E-state index contributed by atoms with van der Waals surface area (Å²) in [5, 5.41) is 2.87. The predicted molar refractivity (Wildman–Crippen MR) is 98.4 cm³/mol. The third-order valence-corrected chi connectivity index (χ3v) is 4.33. The molecule has 0 atom stereocenters. The number of halogens is 2. The average Bonchev–Trinajstić information content (AvgIpc) is 3.02. The van der Waals surface area contributed by atoms with Crippen molar-refractivity contribution in [2.45, 2.75) is 37.8 Å². The lowest BCUT2D eigenvalue weighted by Gasteiger charge is -2.22. The van der Waals surface area contributed by atoms with E-state index in [0.717, 1.165) is 18.4 Å². The molecule has 0 heterocycles. The lowest BCUT2D eigenvalue weighted by Crippen LogP contribution is -2.48. The minimum Gasteiger partial charge on any atom is -0.489 e. The summed E-state index contributed by atoms with van der Waals surface area (Å²) in [4.78, 5) is 12.3. The monoisotopic (exact) mass is 364 g/mol. The number of benzene rings is 2. The minimum atomic E-state index is -0.765. The molecule has 0 saturated heterocycles. The summed E-state index contributed by atoms with van der Waals surface area (Å²) in [5.41, 5.74) is 6.79. The van der Waals surface area contributed by atoms with Gasteiger partial charge in [0, 0.05) is 11.8 Å². The summed E-state index contributed by atoms with van der Waals surface area (Å²) >= 11 is 0. The number of ether oxygens (including phenoxy) is 1. The minimum absolute atomic E-state index is 0. The van der Waals surface area contributed by atoms with Crippen molar-refractivity contribution >= 4 is 24.0 Å². The maximum atomic E-state index is 13.2. The Kier molecular flexibility index (Phi) is 6.39. The molecule has 0 unspecified atom stereocenters. The van der Waals surface area contributed by atoms with Crippen LogP contribution in [0.1, 0.15) is 31.2 Å². The second-order valence-corrected chi connectivity index (χ2v) is 6.26. The fraction of sp³-hybridized carbons (Fsp3) is 0.316. The van der Waals surface area contributed by atoms with Crippen molar-refractivity contribution in [2.24, 2.45) is 5.73 Å². The molecule has 2 aromatic rings. The normalized spacial score (nSPS) is 15.3. The Labute approximate surface area is 153 Å². The van der Waals surface area contributed by atoms with Crippen molar-refractivity contribution in [1.29, 1.82) is 0 Å². The quantitative estimate of drug-likeness (QED) is 0.841. The number of rotatable bonds is 5. The highest BCUT2D eigenvalue weighted by molar-refractivity contribution is 5.98. The van der Waals surface area contributed by atoms with Gasteiger partial charge >= 0.3 is 0 Å². The van der Waals surface area contributed by atoms with Crippen LogP contribution in [-0.2, 0) is 11.4 Å². The molecule has 1 amide bonds. The van der Waals surface area contributed by atoms with Gasteiger partial charge in [-0.1, -0.05) is 31.0 Å². The van der Waals surface area contributed by atoms with E-state index in [1.54, 1.807) is 36.4 Å². The lowest BCUT2D eigenvalue weighted by atomic mass is 9.98. The van der Waals surface area contributed by atoms with Gasteiger partial charge < -0.3 is 15.8 Å². The molecule has 4 nitrogen and oxygen atoms in total. The van der Waals surface area contributed by atoms with Crippen LogP contribution in [0, 0.1) is 5.82 Å². The van der Waals surface area contributed by atoms with Gasteiger partial charge in [-0.15, -0.1) is 12.4 Å². The zero-order chi connectivity index (χ0) is 17.0. The van der Waals surface area contributed by atoms with E-state index in [2.05, 4.69) is 5.32 Å². The third-order valence-electron chi connectivity index (χ3n) is 4.33. The Balaban J connectivity index is 0.00000225. The molecule has 0 radical (unpaired) electrons. The second kappa shape index (κ2) is 8.32. The number of nitrogens with two attached hydrogens (primary N) is 1. The first-order valence-corrected chi connectivity index (χ1v) is 8.13. The van der Waals surface area contributed by atoms with Gasteiger partial charge in [0.2, 0.25) is 5.91 Å². The molecule has 0 spiro atoms. The highest BCUT2D eigenvalue weighted by Crippen LogP contribution is 2.29. The van der Waals surface area contributed by atoms with Gasteiger partial charge in [-0.05, 0) is 42.7 Å². The Morgan fingerprint density at radius 1 is 1.16 bits per heavy atom. The summed E-state index contributed by atoms with van der Waals surface area (Å²) in [5.74, 6) is 0.166. The van der Waals surface area contributed by atoms with Crippen LogP contribution < -0.4 is 15.8 Å². The molecule has 1 saturated carbocycles. The molecular formula is C19H22ClFN2O2. The fourth-order valence-corrected chi connectivity index (χ4v) is 2.95. The van der Waals surface area contributed by atoms with Crippen molar-refractivity contribution in [1.82, 2.24) is 0 Å². The van der Waals surface area contributed by atoms with E-state index in [4.69, 9.17) is 10.5 Å². The van der Waals surface area contributed by atoms with E-state index in [-0.39, 0.29) is 30.7 Å².